The molecule has 0 aromatic carbocycles. The summed E-state index contributed by atoms with van der Waals surface area (Å²) in [5.74, 6) is 0. The van der Waals surface area contributed by atoms with E-state index in [0.29, 0.717) is 6.61 Å². The third kappa shape index (κ3) is 9.69. The van der Waals surface area contributed by atoms with Gasteiger partial charge in [-0.05, 0) is 39.2 Å². The molecule has 0 spiro atoms. The van der Waals surface area contributed by atoms with Crippen LogP contribution in [0.15, 0.2) is 34.9 Å². The fourth-order valence-corrected chi connectivity index (χ4v) is 1.64. The van der Waals surface area contributed by atoms with Gasteiger partial charge in [-0.1, -0.05) is 43.2 Å². The third-order valence-corrected chi connectivity index (χ3v) is 3.27. The van der Waals surface area contributed by atoms with E-state index < -0.39 is 0 Å². The van der Waals surface area contributed by atoms with E-state index >= 15 is 0 Å². The van der Waals surface area contributed by atoms with Crippen molar-refractivity contribution in [3.8, 4) is 0 Å². The molecule has 0 aromatic heterocycles. The van der Waals surface area contributed by atoms with Crippen molar-refractivity contribution in [2.45, 2.75) is 47.5 Å². The van der Waals surface area contributed by atoms with Crippen molar-refractivity contribution in [2.24, 2.45) is 0 Å². The maximum atomic E-state index is 5.69. The van der Waals surface area contributed by atoms with Crippen LogP contribution in [0.25, 0.3) is 0 Å². The Labute approximate surface area is 119 Å². The fraction of sp³-hybridized carbons (Fsp3) is 0.647. The summed E-state index contributed by atoms with van der Waals surface area (Å²) in [5, 5.41) is 3.40. The molecule has 1 N–H and O–H groups in total. The second kappa shape index (κ2) is 12.2. The van der Waals surface area contributed by atoms with Gasteiger partial charge < -0.3 is 10.1 Å². The lowest BCUT2D eigenvalue weighted by Crippen LogP contribution is -2.22. The summed E-state index contributed by atoms with van der Waals surface area (Å²) in [6, 6.07) is 0. The van der Waals surface area contributed by atoms with E-state index in [-0.39, 0.29) is 0 Å². The lowest BCUT2D eigenvalue weighted by molar-refractivity contribution is 0.160. The average molecular weight is 265 g/mol. The average Bonchev–Trinajstić information content (AvgIpc) is 2.44. The van der Waals surface area contributed by atoms with Crippen molar-refractivity contribution in [1.82, 2.24) is 5.32 Å². The molecule has 0 saturated carbocycles. The Morgan fingerprint density at radius 3 is 2.37 bits per heavy atom. The maximum Gasteiger partial charge on any atom is 0.0714 e. The van der Waals surface area contributed by atoms with E-state index in [9.17, 15) is 0 Å². The van der Waals surface area contributed by atoms with E-state index in [4.69, 9.17) is 4.74 Å². The highest BCUT2D eigenvalue weighted by Gasteiger charge is 1.95. The quantitative estimate of drug-likeness (QED) is 0.362. The van der Waals surface area contributed by atoms with Crippen LogP contribution in [0.5, 0.6) is 0 Å². The Morgan fingerprint density at radius 2 is 1.84 bits per heavy atom. The zero-order chi connectivity index (χ0) is 14.5. The predicted octanol–water partition coefficient (Wildman–Crippen LogP) is 4.25. The summed E-state index contributed by atoms with van der Waals surface area (Å²) in [7, 11) is 0. The minimum atomic E-state index is 0.708. The molecule has 0 atom stereocenters. The molecule has 0 aliphatic heterocycles. The molecule has 0 aliphatic rings. The van der Waals surface area contributed by atoms with Crippen LogP contribution < -0.4 is 5.32 Å². The van der Waals surface area contributed by atoms with Crippen molar-refractivity contribution < 1.29 is 4.74 Å². The zero-order valence-corrected chi connectivity index (χ0v) is 13.4. The first kappa shape index (κ1) is 18.1. The molecule has 0 heterocycles. The first-order valence-corrected chi connectivity index (χ1v) is 7.42. The second-order valence-electron chi connectivity index (χ2n) is 4.74. The van der Waals surface area contributed by atoms with Gasteiger partial charge >= 0.3 is 0 Å². The summed E-state index contributed by atoms with van der Waals surface area (Å²) in [4.78, 5) is 0. The van der Waals surface area contributed by atoms with Gasteiger partial charge in [0.15, 0.2) is 0 Å². The highest BCUT2D eigenvalue weighted by atomic mass is 16.5. The molecule has 110 valence electrons. The van der Waals surface area contributed by atoms with E-state index in [0.717, 1.165) is 32.5 Å². The summed E-state index contributed by atoms with van der Waals surface area (Å²) >= 11 is 0. The second-order valence-corrected chi connectivity index (χ2v) is 4.74. The summed E-state index contributed by atoms with van der Waals surface area (Å²) < 4.78 is 5.69. The summed E-state index contributed by atoms with van der Waals surface area (Å²) in [5.41, 5.74) is 4.12. The molecule has 19 heavy (non-hydrogen) atoms. The van der Waals surface area contributed by atoms with Crippen LogP contribution in [0, 0.1) is 0 Å². The topological polar surface area (TPSA) is 21.3 Å². The van der Waals surface area contributed by atoms with E-state index in [1.54, 1.807) is 0 Å². The highest BCUT2D eigenvalue weighted by Crippen LogP contribution is 2.06. The number of rotatable bonds is 10. The third-order valence-electron chi connectivity index (χ3n) is 3.27. The lowest BCUT2D eigenvalue weighted by Gasteiger charge is -2.08. The van der Waals surface area contributed by atoms with Crippen LogP contribution in [0.4, 0.5) is 0 Å². The van der Waals surface area contributed by atoms with Crippen molar-refractivity contribution in [3.63, 3.8) is 0 Å². The molecule has 0 saturated heterocycles. The smallest absolute Gasteiger partial charge is 0.0714 e. The Hall–Kier alpha value is -0.860. The van der Waals surface area contributed by atoms with Crippen molar-refractivity contribution in [1.29, 1.82) is 0 Å². The number of nitrogens with one attached hydrogen (secondary N) is 1. The molecule has 0 fully saturated rings. The normalized spacial score (nSPS) is 14.1. The Bertz CT molecular complexity index is 313. The predicted molar refractivity (Wildman–Crippen MR) is 85.5 cm³/mol. The van der Waals surface area contributed by atoms with Crippen LogP contribution >= 0.6 is 0 Å². The largest absolute Gasteiger partial charge is 0.375 e. The van der Waals surface area contributed by atoms with Gasteiger partial charge in [0.2, 0.25) is 0 Å². The van der Waals surface area contributed by atoms with Crippen LogP contribution in [0.2, 0.25) is 0 Å². The van der Waals surface area contributed by atoms with Gasteiger partial charge in [-0.2, -0.15) is 0 Å². The molecule has 0 radical (unpaired) electrons. The van der Waals surface area contributed by atoms with Gasteiger partial charge in [-0.15, -0.1) is 0 Å². The van der Waals surface area contributed by atoms with Gasteiger partial charge in [0, 0.05) is 13.1 Å². The molecular formula is C17H31NO. The minimum absolute atomic E-state index is 0.708. The van der Waals surface area contributed by atoms with Gasteiger partial charge in [0.1, 0.15) is 0 Å². The highest BCUT2D eigenvalue weighted by molar-refractivity contribution is 5.22. The van der Waals surface area contributed by atoms with Gasteiger partial charge in [0.25, 0.3) is 0 Å². The molecule has 0 aliphatic carbocycles. The van der Waals surface area contributed by atoms with E-state index in [2.05, 4.69) is 58.2 Å². The number of ether oxygens (including phenoxy) is 1. The molecule has 0 aromatic rings. The molecule has 0 bridgehead atoms. The molecule has 0 amide bonds. The van der Waals surface area contributed by atoms with Crippen LogP contribution in [-0.2, 0) is 4.74 Å². The van der Waals surface area contributed by atoms with Crippen LogP contribution in [-0.4, -0.2) is 26.3 Å². The first-order valence-electron chi connectivity index (χ1n) is 7.42. The monoisotopic (exact) mass is 265 g/mol. The number of hydrogen-bond acceptors (Lipinski definition) is 2. The minimum Gasteiger partial charge on any atom is -0.375 e. The van der Waals surface area contributed by atoms with Crippen molar-refractivity contribution in [3.05, 3.63) is 34.9 Å². The lowest BCUT2D eigenvalue weighted by atomic mass is 10.1. The molecule has 0 unspecified atom stereocenters. The van der Waals surface area contributed by atoms with Gasteiger partial charge in [0.05, 0.1) is 13.2 Å². The summed E-state index contributed by atoms with van der Waals surface area (Å²) in [6.07, 6.45) is 8.75. The Kier molecular flexibility index (Phi) is 11.6. The fourth-order valence-electron chi connectivity index (χ4n) is 1.64. The molecular weight excluding hydrogens is 234 g/mol. The zero-order valence-electron chi connectivity index (χ0n) is 13.4. The van der Waals surface area contributed by atoms with E-state index in [1.165, 1.54) is 16.7 Å². The number of hydrogen-bond donors (Lipinski definition) is 1. The van der Waals surface area contributed by atoms with Crippen molar-refractivity contribution >= 4 is 0 Å². The Morgan fingerprint density at radius 1 is 1.11 bits per heavy atom. The van der Waals surface area contributed by atoms with Crippen LogP contribution in [0.3, 0.4) is 0 Å². The molecule has 2 nitrogen and oxygen atoms in total. The first-order chi connectivity index (χ1) is 9.17. The van der Waals surface area contributed by atoms with Crippen molar-refractivity contribution in [2.75, 3.05) is 26.3 Å². The number of allylic oxidation sites excluding steroid dienone is 3. The van der Waals surface area contributed by atoms with Gasteiger partial charge in [-0.3, -0.25) is 0 Å². The summed E-state index contributed by atoms with van der Waals surface area (Å²) in [6.45, 7) is 14.0. The molecule has 2 heteroatoms. The maximum absolute atomic E-state index is 5.69. The van der Waals surface area contributed by atoms with Gasteiger partial charge in [-0.25, -0.2) is 0 Å². The van der Waals surface area contributed by atoms with Crippen LogP contribution in [0.1, 0.15) is 47.5 Å². The molecule has 0 rings (SSSR count). The van der Waals surface area contributed by atoms with E-state index in [1.807, 2.05) is 0 Å². The standard InChI is InChI=1S/C17H31NO/c1-6-15(5)12-17(9-4)14-19-11-10-18-13-16(7-2)8-3/h7,9,12,18H,6,8,10-11,13-14H2,1-5H3/b15-12-,16-7+,17-9+. The Balaban J connectivity index is 3.74. The SMILES string of the molecule is C/C=C(\C=C(\C)CC)COCCNC/C(=C/C)CC.